The lowest BCUT2D eigenvalue weighted by Gasteiger charge is -2.07. The minimum Gasteiger partial charge on any atom is -0.494 e. The summed E-state index contributed by atoms with van der Waals surface area (Å²) in [6.07, 6.45) is 2.27. The lowest BCUT2D eigenvalue weighted by Crippen LogP contribution is -2.15. The number of benzene rings is 1. The van der Waals surface area contributed by atoms with Crippen LogP contribution in [0.4, 0.5) is 15.8 Å². The number of carbonyl (C=O) groups excluding carboxylic acids is 1. The normalized spacial score (nSPS) is 12.6. The maximum absolute atomic E-state index is 13.6. The molecule has 1 aromatic heterocycles. The number of carbonyl (C=O) groups is 1. The SMILES string of the molecule is COc1ccc(NC(=O)CSC2=Nc3cnc(Cl)c(C)c3C2)cc1F. The van der Waals surface area contributed by atoms with Gasteiger partial charge in [-0.3, -0.25) is 4.79 Å². The van der Waals surface area contributed by atoms with Crippen molar-refractivity contribution in [2.45, 2.75) is 13.3 Å². The van der Waals surface area contributed by atoms with Crippen molar-refractivity contribution in [3.05, 3.63) is 46.5 Å². The summed E-state index contributed by atoms with van der Waals surface area (Å²) in [5, 5.41) is 3.96. The van der Waals surface area contributed by atoms with Crippen LogP contribution in [0.5, 0.6) is 5.75 Å². The van der Waals surface area contributed by atoms with Crippen LogP contribution in [0, 0.1) is 12.7 Å². The third-order valence-electron chi connectivity index (χ3n) is 3.75. The van der Waals surface area contributed by atoms with Crippen LogP contribution in [-0.2, 0) is 11.2 Å². The van der Waals surface area contributed by atoms with Gasteiger partial charge in [-0.1, -0.05) is 11.6 Å². The van der Waals surface area contributed by atoms with Crippen LogP contribution in [0.15, 0.2) is 29.4 Å². The van der Waals surface area contributed by atoms with Crippen molar-refractivity contribution in [3.8, 4) is 5.75 Å². The molecule has 0 spiro atoms. The number of anilines is 1. The molecule has 1 aromatic carbocycles. The quantitative estimate of drug-likeness (QED) is 0.810. The number of fused-ring (bicyclic) bond motifs is 1. The molecule has 2 aromatic rings. The molecule has 0 unspecified atom stereocenters. The van der Waals surface area contributed by atoms with Gasteiger partial charge < -0.3 is 10.1 Å². The number of nitrogens with zero attached hydrogens (tertiary/aromatic N) is 2. The number of aromatic nitrogens is 1. The van der Waals surface area contributed by atoms with E-state index in [1.807, 2.05) is 6.92 Å². The summed E-state index contributed by atoms with van der Waals surface area (Å²) in [7, 11) is 1.39. The first-order chi connectivity index (χ1) is 12.0. The van der Waals surface area contributed by atoms with Gasteiger partial charge in [0.2, 0.25) is 5.91 Å². The van der Waals surface area contributed by atoms with Crippen molar-refractivity contribution in [1.82, 2.24) is 4.98 Å². The van der Waals surface area contributed by atoms with E-state index >= 15 is 0 Å². The van der Waals surface area contributed by atoms with Crippen molar-refractivity contribution < 1.29 is 13.9 Å². The highest BCUT2D eigenvalue weighted by atomic mass is 35.5. The Bertz CT molecular complexity index is 873. The number of amides is 1. The molecule has 25 heavy (non-hydrogen) atoms. The molecule has 8 heteroatoms. The molecule has 2 heterocycles. The first-order valence-electron chi connectivity index (χ1n) is 7.45. The number of ether oxygens (including phenoxy) is 1. The highest BCUT2D eigenvalue weighted by Gasteiger charge is 2.20. The second-order valence-corrected chi connectivity index (χ2v) is 6.81. The van der Waals surface area contributed by atoms with Gasteiger partial charge >= 0.3 is 0 Å². The summed E-state index contributed by atoms with van der Waals surface area (Å²) < 4.78 is 18.5. The van der Waals surface area contributed by atoms with Crippen LogP contribution in [-0.4, -0.2) is 28.8 Å². The minimum absolute atomic E-state index is 0.132. The van der Waals surface area contributed by atoms with Gasteiger partial charge in [-0.25, -0.2) is 14.4 Å². The number of methoxy groups -OCH3 is 1. The molecule has 1 N–H and O–H groups in total. The lowest BCUT2D eigenvalue weighted by molar-refractivity contribution is -0.113. The van der Waals surface area contributed by atoms with Gasteiger partial charge in [0.1, 0.15) is 5.15 Å². The Morgan fingerprint density at radius 1 is 1.48 bits per heavy atom. The molecular weight excluding hydrogens is 365 g/mol. The van der Waals surface area contributed by atoms with E-state index in [0.29, 0.717) is 17.3 Å². The van der Waals surface area contributed by atoms with Gasteiger partial charge in [0, 0.05) is 18.2 Å². The zero-order valence-electron chi connectivity index (χ0n) is 13.6. The summed E-state index contributed by atoms with van der Waals surface area (Å²) in [6.45, 7) is 1.90. The van der Waals surface area contributed by atoms with Crippen molar-refractivity contribution >= 4 is 45.7 Å². The standard InChI is InChI=1S/C17H15ClFN3O2S/c1-9-11-6-16(22-13(11)7-20-17(9)18)25-8-15(23)21-10-3-4-14(24-2)12(19)5-10/h3-5,7H,6,8H2,1-2H3,(H,21,23). The molecule has 130 valence electrons. The third-order valence-corrected chi connectivity index (χ3v) is 5.11. The molecule has 5 nitrogen and oxygen atoms in total. The lowest BCUT2D eigenvalue weighted by atomic mass is 10.1. The van der Waals surface area contributed by atoms with Crippen molar-refractivity contribution in [1.29, 1.82) is 0 Å². The van der Waals surface area contributed by atoms with E-state index in [9.17, 15) is 9.18 Å². The van der Waals surface area contributed by atoms with Gasteiger partial charge in [0.25, 0.3) is 0 Å². The van der Waals surface area contributed by atoms with E-state index in [1.165, 1.54) is 31.0 Å². The van der Waals surface area contributed by atoms with Crippen LogP contribution in [0.2, 0.25) is 5.15 Å². The van der Waals surface area contributed by atoms with E-state index in [-0.39, 0.29) is 17.4 Å². The Morgan fingerprint density at radius 3 is 3.00 bits per heavy atom. The summed E-state index contributed by atoms with van der Waals surface area (Å²) in [4.78, 5) is 20.6. The zero-order valence-corrected chi connectivity index (χ0v) is 15.2. The van der Waals surface area contributed by atoms with Gasteiger partial charge in [-0.2, -0.15) is 0 Å². The van der Waals surface area contributed by atoms with Crippen LogP contribution in [0.1, 0.15) is 11.1 Å². The Kier molecular flexibility index (Phi) is 5.24. The molecule has 0 aliphatic carbocycles. The largest absolute Gasteiger partial charge is 0.494 e. The zero-order chi connectivity index (χ0) is 18.0. The van der Waals surface area contributed by atoms with E-state index in [4.69, 9.17) is 16.3 Å². The second-order valence-electron chi connectivity index (χ2n) is 5.41. The molecular formula is C17H15ClFN3O2S. The van der Waals surface area contributed by atoms with E-state index in [1.54, 1.807) is 12.3 Å². The van der Waals surface area contributed by atoms with Crippen molar-refractivity contribution in [3.63, 3.8) is 0 Å². The van der Waals surface area contributed by atoms with Gasteiger partial charge in [-0.05, 0) is 30.2 Å². The maximum Gasteiger partial charge on any atom is 0.234 e. The Balaban J connectivity index is 1.57. The fourth-order valence-electron chi connectivity index (χ4n) is 2.43. The predicted molar refractivity (Wildman–Crippen MR) is 98.8 cm³/mol. The molecule has 0 saturated carbocycles. The number of nitrogens with one attached hydrogen (secondary N) is 1. The molecule has 1 amide bonds. The predicted octanol–water partition coefficient (Wildman–Crippen LogP) is 4.15. The molecule has 0 radical (unpaired) electrons. The number of hydrogen-bond donors (Lipinski definition) is 1. The topological polar surface area (TPSA) is 63.6 Å². The van der Waals surface area contributed by atoms with Crippen molar-refractivity contribution in [2.24, 2.45) is 4.99 Å². The maximum atomic E-state index is 13.6. The van der Waals surface area contributed by atoms with Crippen LogP contribution in [0.3, 0.4) is 0 Å². The second kappa shape index (κ2) is 7.41. The molecule has 0 atom stereocenters. The molecule has 1 aliphatic rings. The monoisotopic (exact) mass is 379 g/mol. The smallest absolute Gasteiger partial charge is 0.234 e. The average Bonchev–Trinajstić information content (AvgIpc) is 3.01. The summed E-state index contributed by atoms with van der Waals surface area (Å²) in [6, 6.07) is 4.28. The van der Waals surface area contributed by atoms with Crippen LogP contribution >= 0.6 is 23.4 Å². The van der Waals surface area contributed by atoms with E-state index < -0.39 is 5.82 Å². The van der Waals surface area contributed by atoms with Crippen molar-refractivity contribution in [2.75, 3.05) is 18.2 Å². The number of halogens is 2. The van der Waals surface area contributed by atoms with Gasteiger partial charge in [-0.15, -0.1) is 11.8 Å². The number of hydrogen-bond acceptors (Lipinski definition) is 5. The summed E-state index contributed by atoms with van der Waals surface area (Å²) >= 11 is 7.36. The van der Waals surface area contributed by atoms with E-state index in [2.05, 4.69) is 15.3 Å². The molecule has 1 aliphatic heterocycles. The van der Waals surface area contributed by atoms with E-state index in [0.717, 1.165) is 21.9 Å². The van der Waals surface area contributed by atoms with Gasteiger partial charge in [0.15, 0.2) is 11.6 Å². The number of pyridine rings is 1. The first kappa shape index (κ1) is 17.7. The van der Waals surface area contributed by atoms with Crippen LogP contribution < -0.4 is 10.1 Å². The highest BCUT2D eigenvalue weighted by Crippen LogP contribution is 2.34. The van der Waals surface area contributed by atoms with Gasteiger partial charge in [0.05, 0.1) is 29.8 Å². The fraction of sp³-hybridized carbons (Fsp3) is 0.235. The molecule has 3 rings (SSSR count). The Labute approximate surface area is 153 Å². The number of thioether (sulfide) groups is 1. The molecule has 0 fully saturated rings. The summed E-state index contributed by atoms with van der Waals surface area (Å²) in [5.41, 5.74) is 3.13. The number of rotatable bonds is 4. The fourth-order valence-corrected chi connectivity index (χ4v) is 3.37. The molecule has 0 bridgehead atoms. The Morgan fingerprint density at radius 2 is 2.28 bits per heavy atom. The molecule has 0 saturated heterocycles. The Hall–Kier alpha value is -2.12. The minimum atomic E-state index is -0.525. The highest BCUT2D eigenvalue weighted by molar-refractivity contribution is 8.14. The first-order valence-corrected chi connectivity index (χ1v) is 8.82. The van der Waals surface area contributed by atoms with Crippen LogP contribution in [0.25, 0.3) is 0 Å². The summed E-state index contributed by atoms with van der Waals surface area (Å²) in [5.74, 6) is -0.446. The third kappa shape index (κ3) is 3.93. The number of aliphatic imine (C=N–C) groups is 1. The average molecular weight is 380 g/mol.